The smallest absolute Gasteiger partial charge is 0.289 e. The van der Waals surface area contributed by atoms with Crippen molar-refractivity contribution in [2.24, 2.45) is 0 Å². The summed E-state index contributed by atoms with van der Waals surface area (Å²) in [5.74, 6) is 0. The van der Waals surface area contributed by atoms with Crippen molar-refractivity contribution in [2.45, 2.75) is 6.30 Å². The second-order valence-corrected chi connectivity index (χ2v) is 3.03. The first kappa shape index (κ1) is 9.76. The Hall–Kier alpha value is -1.78. The lowest BCUT2D eigenvalue weighted by atomic mass is 10.2. The first-order valence-electron chi connectivity index (χ1n) is 4.18. The summed E-state index contributed by atoms with van der Waals surface area (Å²) >= 11 is 0. The van der Waals surface area contributed by atoms with E-state index in [4.69, 9.17) is 0 Å². The fourth-order valence-electron chi connectivity index (χ4n) is 1.43. The Labute approximate surface area is 82.6 Å². The van der Waals surface area contributed by atoms with Gasteiger partial charge in [-0.3, -0.25) is 9.36 Å². The predicted octanol–water partition coefficient (Wildman–Crippen LogP) is 2.48. The first-order valence-corrected chi connectivity index (χ1v) is 4.18. The summed E-state index contributed by atoms with van der Waals surface area (Å²) in [6, 6.07) is 6.55. The van der Waals surface area contributed by atoms with E-state index >= 15 is 0 Å². The van der Waals surface area contributed by atoms with Gasteiger partial charge >= 0.3 is 6.30 Å². The van der Waals surface area contributed by atoms with Crippen molar-refractivity contribution >= 4 is 10.9 Å². The van der Waals surface area contributed by atoms with E-state index in [0.717, 1.165) is 12.3 Å². The Balaban J connectivity index is 2.90. The number of aromatic nitrogens is 1. The molecule has 1 aromatic carbocycles. The minimum absolute atomic E-state index is 0.0670. The van der Waals surface area contributed by atoms with Crippen LogP contribution in [0.3, 0.4) is 0 Å². The Morgan fingerprint density at radius 1 is 1.07 bits per heavy atom. The second-order valence-electron chi connectivity index (χ2n) is 3.03. The third-order valence-electron chi connectivity index (χ3n) is 2.08. The summed E-state index contributed by atoms with van der Waals surface area (Å²) in [6.45, 7) is 0. The van der Waals surface area contributed by atoms with Gasteiger partial charge < -0.3 is 0 Å². The Kier molecular flexibility index (Phi) is 2.03. The van der Waals surface area contributed by atoms with Crippen LogP contribution in [-0.2, 0) is 6.30 Å². The summed E-state index contributed by atoms with van der Waals surface area (Å²) < 4.78 is 37.7. The van der Waals surface area contributed by atoms with Crippen molar-refractivity contribution in [3.8, 4) is 0 Å². The fraction of sp³-hybridized carbons (Fsp3) is 0.100. The van der Waals surface area contributed by atoms with Gasteiger partial charge in [-0.1, -0.05) is 12.1 Å². The number of benzene rings is 1. The molecule has 0 unspecified atom stereocenters. The third-order valence-corrected chi connectivity index (χ3v) is 2.08. The van der Waals surface area contributed by atoms with E-state index in [0.29, 0.717) is 0 Å². The van der Waals surface area contributed by atoms with Gasteiger partial charge in [-0.2, -0.15) is 0 Å². The van der Waals surface area contributed by atoms with Crippen LogP contribution in [0, 0.1) is 0 Å². The molecule has 0 radical (unpaired) electrons. The molecule has 0 aliphatic heterocycles. The molecule has 0 spiro atoms. The number of nitrogens with zero attached hydrogens (tertiary/aromatic N) is 1. The van der Waals surface area contributed by atoms with E-state index < -0.39 is 11.7 Å². The van der Waals surface area contributed by atoms with Gasteiger partial charge in [0.2, 0.25) is 0 Å². The lowest BCUT2D eigenvalue weighted by molar-refractivity contribution is -0.201. The van der Waals surface area contributed by atoms with Crippen molar-refractivity contribution in [3.05, 3.63) is 46.8 Å². The van der Waals surface area contributed by atoms with Crippen molar-refractivity contribution < 1.29 is 13.2 Å². The van der Waals surface area contributed by atoms with Crippen LogP contribution < -0.4 is 5.43 Å². The van der Waals surface area contributed by atoms with Gasteiger partial charge in [0.05, 0.1) is 5.52 Å². The molecule has 2 aromatic rings. The van der Waals surface area contributed by atoms with Gasteiger partial charge in [0.15, 0.2) is 5.43 Å². The highest BCUT2D eigenvalue weighted by Gasteiger charge is 2.30. The number of para-hydroxylation sites is 1. The normalized spacial score (nSPS) is 11.9. The van der Waals surface area contributed by atoms with Crippen molar-refractivity contribution in [3.63, 3.8) is 0 Å². The number of halogens is 3. The number of hydrogen-bond donors (Lipinski definition) is 0. The molecule has 5 heteroatoms. The third kappa shape index (κ3) is 1.60. The van der Waals surface area contributed by atoms with Crippen LogP contribution in [0.4, 0.5) is 13.2 Å². The Morgan fingerprint density at radius 3 is 2.40 bits per heavy atom. The molecular formula is C10H6F3NO. The van der Waals surface area contributed by atoms with Crippen LogP contribution in [0.2, 0.25) is 0 Å². The van der Waals surface area contributed by atoms with Gasteiger partial charge in [-0.05, 0) is 12.1 Å². The Bertz CT molecular complexity index is 556. The molecule has 0 amide bonds. The number of alkyl halides is 3. The number of pyridine rings is 1. The maximum absolute atomic E-state index is 12.5. The molecule has 0 bridgehead atoms. The van der Waals surface area contributed by atoms with Crippen LogP contribution in [0.5, 0.6) is 0 Å². The molecule has 78 valence electrons. The average molecular weight is 213 g/mol. The largest absolute Gasteiger partial charge is 0.488 e. The van der Waals surface area contributed by atoms with E-state index in [1.165, 1.54) is 24.3 Å². The minimum atomic E-state index is -4.51. The van der Waals surface area contributed by atoms with Gasteiger partial charge in [0.25, 0.3) is 0 Å². The number of rotatable bonds is 0. The van der Waals surface area contributed by atoms with Crippen LogP contribution in [0.25, 0.3) is 10.9 Å². The lowest BCUT2D eigenvalue weighted by Crippen LogP contribution is -2.19. The molecule has 0 aliphatic carbocycles. The molecule has 1 heterocycles. The highest BCUT2D eigenvalue weighted by molar-refractivity contribution is 5.78. The van der Waals surface area contributed by atoms with Crippen LogP contribution in [-0.4, -0.2) is 4.57 Å². The van der Waals surface area contributed by atoms with Gasteiger partial charge in [0.1, 0.15) is 0 Å². The zero-order valence-corrected chi connectivity index (χ0v) is 7.45. The molecule has 0 atom stereocenters. The summed E-state index contributed by atoms with van der Waals surface area (Å²) in [5, 5.41) is 0.0670. The molecule has 2 nitrogen and oxygen atoms in total. The van der Waals surface area contributed by atoms with Gasteiger partial charge in [-0.15, -0.1) is 13.2 Å². The topological polar surface area (TPSA) is 22.0 Å². The molecular weight excluding hydrogens is 207 g/mol. The molecule has 0 fully saturated rings. The van der Waals surface area contributed by atoms with Crippen molar-refractivity contribution in [1.29, 1.82) is 0 Å². The minimum Gasteiger partial charge on any atom is -0.289 e. The highest BCUT2D eigenvalue weighted by atomic mass is 19.4. The summed E-state index contributed by atoms with van der Waals surface area (Å²) in [4.78, 5) is 11.3. The number of hydrogen-bond acceptors (Lipinski definition) is 1. The summed E-state index contributed by atoms with van der Waals surface area (Å²) in [7, 11) is 0. The summed E-state index contributed by atoms with van der Waals surface area (Å²) in [6.07, 6.45) is -3.77. The summed E-state index contributed by atoms with van der Waals surface area (Å²) in [5.41, 5.74) is -0.538. The standard InChI is InChI=1S/C10H6F3NO/c11-10(12,13)14-6-5-9(15)7-3-1-2-4-8(7)14/h1-6H. The van der Waals surface area contributed by atoms with Crippen molar-refractivity contribution in [1.82, 2.24) is 4.57 Å². The van der Waals surface area contributed by atoms with E-state index in [2.05, 4.69) is 0 Å². The van der Waals surface area contributed by atoms with E-state index in [9.17, 15) is 18.0 Å². The molecule has 0 aliphatic rings. The molecule has 0 N–H and O–H groups in total. The first-order chi connectivity index (χ1) is 7.00. The van der Waals surface area contributed by atoms with Crippen molar-refractivity contribution in [2.75, 3.05) is 0 Å². The van der Waals surface area contributed by atoms with Gasteiger partial charge in [-0.25, -0.2) is 0 Å². The quantitative estimate of drug-likeness (QED) is 0.658. The second kappa shape index (κ2) is 3.12. The molecule has 0 saturated carbocycles. The van der Waals surface area contributed by atoms with Crippen LogP contribution in [0.15, 0.2) is 41.3 Å². The van der Waals surface area contributed by atoms with E-state index in [1.54, 1.807) is 0 Å². The predicted molar refractivity (Wildman–Crippen MR) is 49.5 cm³/mol. The average Bonchev–Trinajstić information content (AvgIpc) is 2.17. The van der Waals surface area contributed by atoms with Crippen LogP contribution >= 0.6 is 0 Å². The fourth-order valence-corrected chi connectivity index (χ4v) is 1.43. The monoisotopic (exact) mass is 213 g/mol. The highest BCUT2D eigenvalue weighted by Crippen LogP contribution is 2.25. The molecule has 2 rings (SSSR count). The molecule has 0 saturated heterocycles. The van der Waals surface area contributed by atoms with E-state index in [1.807, 2.05) is 0 Å². The maximum Gasteiger partial charge on any atom is 0.488 e. The molecule has 1 aromatic heterocycles. The Morgan fingerprint density at radius 2 is 1.73 bits per heavy atom. The number of fused-ring (bicyclic) bond motifs is 1. The zero-order chi connectivity index (χ0) is 11.1. The SMILES string of the molecule is O=c1ccn(C(F)(F)F)c2ccccc12. The maximum atomic E-state index is 12.5. The molecule has 15 heavy (non-hydrogen) atoms. The van der Waals surface area contributed by atoms with Crippen LogP contribution in [0.1, 0.15) is 0 Å². The zero-order valence-electron chi connectivity index (χ0n) is 7.45. The van der Waals surface area contributed by atoms with Gasteiger partial charge in [0, 0.05) is 17.6 Å². The lowest BCUT2D eigenvalue weighted by Gasteiger charge is -2.13. The van der Waals surface area contributed by atoms with E-state index in [-0.39, 0.29) is 15.5 Å².